The minimum atomic E-state index is -0.642. The smallest absolute Gasteiger partial charge is 0.252 e. The molecule has 0 amide bonds. The van der Waals surface area contributed by atoms with Crippen LogP contribution in [0.15, 0.2) is 228 Å². The Balaban J connectivity index is 1.09. The maximum absolute atomic E-state index is 9.71. The number of para-hydroxylation sites is 5. The lowest BCUT2D eigenvalue weighted by Gasteiger charge is -2.43. The van der Waals surface area contributed by atoms with E-state index in [1.807, 2.05) is 60.7 Å². The van der Waals surface area contributed by atoms with Crippen LogP contribution in [0.5, 0.6) is 0 Å². The van der Waals surface area contributed by atoms with Crippen molar-refractivity contribution in [2.45, 2.75) is 78.6 Å². The summed E-state index contributed by atoms with van der Waals surface area (Å²) in [7, 11) is 0. The molecular weight excluding hydrogens is 1020 g/mol. The zero-order valence-corrected chi connectivity index (χ0v) is 48.0. The summed E-state index contributed by atoms with van der Waals surface area (Å²) in [5.41, 5.74) is 13.1. The Morgan fingerprint density at radius 1 is 0.417 bits per heavy atom. The number of aromatic nitrogens is 2. The van der Waals surface area contributed by atoms with Gasteiger partial charge in [-0.1, -0.05) is 202 Å². The van der Waals surface area contributed by atoms with Gasteiger partial charge < -0.3 is 23.8 Å². The maximum atomic E-state index is 9.71. The van der Waals surface area contributed by atoms with Crippen LogP contribution in [0.1, 0.15) is 101 Å². The first-order valence-electron chi connectivity index (χ1n) is 36.5. The van der Waals surface area contributed by atoms with E-state index < -0.39 is 114 Å². The molecule has 16 rings (SSSR count). The molecular formula is C78H65BN4O. The van der Waals surface area contributed by atoms with E-state index in [-0.39, 0.29) is 49.0 Å². The fourth-order valence-corrected chi connectivity index (χ4v) is 13.1. The molecule has 0 unspecified atom stereocenters. The van der Waals surface area contributed by atoms with Crippen LogP contribution in [0.25, 0.3) is 99.2 Å². The van der Waals surface area contributed by atoms with E-state index in [2.05, 4.69) is 133 Å². The number of hydrogen-bond donors (Lipinski definition) is 1. The highest BCUT2D eigenvalue weighted by Crippen LogP contribution is 2.53. The van der Waals surface area contributed by atoms with E-state index >= 15 is 0 Å². The van der Waals surface area contributed by atoms with Gasteiger partial charge in [0.1, 0.15) is 11.2 Å². The van der Waals surface area contributed by atoms with Gasteiger partial charge in [-0.15, -0.1) is 0 Å². The second-order valence-corrected chi connectivity index (χ2v) is 25.5. The highest BCUT2D eigenvalue weighted by Gasteiger charge is 2.44. The third kappa shape index (κ3) is 7.55. The van der Waals surface area contributed by atoms with Crippen LogP contribution in [-0.4, -0.2) is 15.8 Å². The van der Waals surface area contributed by atoms with Crippen molar-refractivity contribution in [3.8, 4) is 33.6 Å². The number of rotatable bonds is 5. The van der Waals surface area contributed by atoms with E-state index in [9.17, 15) is 11.0 Å². The van der Waals surface area contributed by atoms with E-state index in [0.717, 1.165) is 83.2 Å². The lowest BCUT2D eigenvalue weighted by molar-refractivity contribution is 0.589. The summed E-state index contributed by atoms with van der Waals surface area (Å²) in [6, 6.07) is 35.2. The lowest BCUT2D eigenvalue weighted by Crippen LogP contribution is -2.60. The Morgan fingerprint density at radius 3 is 1.57 bits per heavy atom. The zero-order chi connectivity index (χ0) is 71.1. The van der Waals surface area contributed by atoms with Crippen molar-refractivity contribution in [3.63, 3.8) is 0 Å². The zero-order valence-electron chi connectivity index (χ0n) is 64.0. The van der Waals surface area contributed by atoms with Crippen LogP contribution in [-0.2, 0) is 16.2 Å². The average molecular weight is 1100 g/mol. The highest BCUT2D eigenvalue weighted by molar-refractivity contribution is 7.00. The third-order valence-electron chi connectivity index (χ3n) is 17.3. The molecule has 1 N–H and O–H groups in total. The summed E-state index contributed by atoms with van der Waals surface area (Å²) in [4.78, 5) is 2.31. The topological polar surface area (TPSA) is 38.3 Å². The van der Waals surface area contributed by atoms with E-state index in [1.54, 1.807) is 10.6 Å². The van der Waals surface area contributed by atoms with Crippen molar-refractivity contribution in [3.05, 3.63) is 241 Å². The Bertz CT molecular complexity index is 5910. The van der Waals surface area contributed by atoms with Crippen LogP contribution in [0, 0.1) is 0 Å². The molecule has 2 aliphatic rings. The lowest BCUT2D eigenvalue weighted by atomic mass is 9.33. The van der Waals surface area contributed by atoms with Crippen LogP contribution in [0.2, 0.25) is 0 Å². The summed E-state index contributed by atoms with van der Waals surface area (Å²) in [5, 5.41) is 5.46. The molecule has 0 saturated heterocycles. The first-order valence-corrected chi connectivity index (χ1v) is 28.5. The molecule has 0 bridgehead atoms. The molecule has 5 nitrogen and oxygen atoms in total. The molecule has 14 aromatic rings. The first kappa shape index (κ1) is 36.1. The number of nitrogens with one attached hydrogen (secondary N) is 1. The monoisotopic (exact) mass is 1100 g/mol. The van der Waals surface area contributed by atoms with Crippen LogP contribution in [0.3, 0.4) is 0 Å². The number of furan rings is 1. The fraction of sp³-hybridized carbons (Fsp3) is 0.154. The highest BCUT2D eigenvalue weighted by atomic mass is 16.3. The molecule has 5 heterocycles. The molecule has 0 fully saturated rings. The summed E-state index contributed by atoms with van der Waals surface area (Å²) in [6.45, 7) is 19.0. The van der Waals surface area contributed by atoms with E-state index in [1.165, 1.54) is 4.57 Å². The SMILES string of the molecule is [2H]c1c([2H])c([2H])c2c(c1[2H])c1c([2H])c([2H])c([2H])c([2H])c1n2-c1ccc2c(c1)Nc1cc(C(C)(C)C)cc3c1B2c1ccc(-n2c4c([2H])c([2H])c([2H])c([2H])c4c4c([2H])c([2H])c([2H])c([2H])c42)cc1N3c1c(-c2cccc(C(C)(C)C)c2)cc(C(C)(C)C)cc1-c1cccc2oc3ccccc3c12. The number of fused-ring (bicyclic) bond motifs is 13. The van der Waals surface area contributed by atoms with Crippen molar-refractivity contribution in [2.75, 3.05) is 10.2 Å². The van der Waals surface area contributed by atoms with Gasteiger partial charge in [0.15, 0.2) is 0 Å². The number of anilines is 5. The second kappa shape index (κ2) is 18.0. The van der Waals surface area contributed by atoms with Crippen molar-refractivity contribution in [2.24, 2.45) is 0 Å². The molecule has 0 spiro atoms. The fourth-order valence-electron chi connectivity index (χ4n) is 13.1. The van der Waals surface area contributed by atoms with Crippen LogP contribution < -0.4 is 26.6 Å². The predicted octanol–water partition coefficient (Wildman–Crippen LogP) is 19.4. The first-order chi connectivity index (χ1) is 47.2. The van der Waals surface area contributed by atoms with Crippen molar-refractivity contribution in [1.29, 1.82) is 0 Å². The molecule has 0 saturated carbocycles. The van der Waals surface area contributed by atoms with Crippen molar-refractivity contribution >= 4 is 117 Å². The normalized spacial score (nSPS) is 16.0. The minimum Gasteiger partial charge on any atom is -0.456 e. The minimum absolute atomic E-state index is 0.0244. The molecule has 3 aromatic heterocycles. The van der Waals surface area contributed by atoms with Gasteiger partial charge in [-0.05, 0) is 145 Å². The number of nitrogens with zero attached hydrogens (tertiary/aromatic N) is 3. The average Bonchev–Trinajstić information content (AvgIpc) is 1.45. The summed E-state index contributed by atoms with van der Waals surface area (Å²) >= 11 is 0. The molecule has 406 valence electrons. The van der Waals surface area contributed by atoms with Crippen molar-refractivity contribution < 1.29 is 26.3 Å². The van der Waals surface area contributed by atoms with Gasteiger partial charge in [0, 0.05) is 77.6 Å². The second-order valence-electron chi connectivity index (χ2n) is 25.5. The maximum Gasteiger partial charge on any atom is 0.252 e. The summed E-state index contributed by atoms with van der Waals surface area (Å²) in [5.74, 6) is 0. The molecule has 2 aliphatic heterocycles. The molecule has 84 heavy (non-hydrogen) atoms. The van der Waals surface area contributed by atoms with Crippen LogP contribution in [0.4, 0.5) is 28.4 Å². The molecule has 0 aliphatic carbocycles. The van der Waals surface area contributed by atoms with Gasteiger partial charge in [0.05, 0.1) is 49.7 Å². The van der Waals surface area contributed by atoms with Gasteiger partial charge >= 0.3 is 0 Å². The van der Waals surface area contributed by atoms with Gasteiger partial charge in [-0.2, -0.15) is 0 Å². The quantitative estimate of drug-likeness (QED) is 0.175. The van der Waals surface area contributed by atoms with Gasteiger partial charge in [0.2, 0.25) is 0 Å². The van der Waals surface area contributed by atoms with Gasteiger partial charge in [-0.3, -0.25) is 0 Å². The summed E-state index contributed by atoms with van der Waals surface area (Å²) < 4.78 is 157. The predicted molar refractivity (Wildman–Crippen MR) is 358 cm³/mol. The standard InChI is InChI=1S/C78H65BN4O/c1-76(2,3)48-23-20-22-47(40-48)59-41-49(77(4,5)6)42-60(57-29-21-35-72-73(57)58-28-14-19-34-71(58)84-72)75(59)83-69-46-52(82-67-32-17-12-26-55(67)56-27-13-18-33-68(56)82)37-39-62(69)79-61-38-36-51(81-65-30-15-10-24-53(65)54-25-11-16-31-66(54)81)45-63(61)80-64-43-50(78(7,8)9)44-70(83)74(64)79/h10-46,80H,1-9H3/i10D,11D,12D,13D,15D,16D,17D,18D,24D,25D,26D,27D,30D,31D,32D,33D. The molecule has 0 atom stereocenters. The number of hydrogen-bond acceptors (Lipinski definition) is 3. The molecule has 11 aromatic carbocycles. The Hall–Kier alpha value is -9.52. The Morgan fingerprint density at radius 2 is 0.952 bits per heavy atom. The third-order valence-corrected chi connectivity index (χ3v) is 17.3. The Labute approximate surface area is 514 Å². The van der Waals surface area contributed by atoms with E-state index in [4.69, 9.17) is 15.4 Å². The van der Waals surface area contributed by atoms with E-state index in [0.29, 0.717) is 33.9 Å². The Kier molecular flexibility index (Phi) is 7.74. The van der Waals surface area contributed by atoms with Crippen molar-refractivity contribution in [1.82, 2.24) is 9.13 Å². The van der Waals surface area contributed by atoms with Crippen LogP contribution >= 0.6 is 0 Å². The largest absolute Gasteiger partial charge is 0.456 e. The summed E-state index contributed by atoms with van der Waals surface area (Å²) in [6.07, 6.45) is 0. The molecule has 6 heteroatoms. The van der Waals surface area contributed by atoms with Gasteiger partial charge in [0.25, 0.3) is 6.71 Å². The number of benzene rings is 11. The molecule has 0 radical (unpaired) electrons. The van der Waals surface area contributed by atoms with Gasteiger partial charge in [-0.25, -0.2) is 0 Å².